The summed E-state index contributed by atoms with van der Waals surface area (Å²) in [6.07, 6.45) is 0. The molecule has 0 amide bonds. The van der Waals surface area contributed by atoms with Crippen molar-refractivity contribution in [1.82, 2.24) is 0 Å². The van der Waals surface area contributed by atoms with Crippen molar-refractivity contribution in [2.45, 2.75) is 12.5 Å². The number of benzene rings is 2. The van der Waals surface area contributed by atoms with Gasteiger partial charge in [-0.25, -0.2) is 13.2 Å². The lowest BCUT2D eigenvalue weighted by Gasteiger charge is -2.27. The number of nitrogens with two attached hydrogens (primary N) is 1. The molecule has 0 aliphatic carbocycles. The van der Waals surface area contributed by atoms with Crippen LogP contribution in [-0.4, -0.2) is 0 Å². The summed E-state index contributed by atoms with van der Waals surface area (Å²) in [7, 11) is 0. The Balaban J connectivity index is 2.70. The summed E-state index contributed by atoms with van der Waals surface area (Å²) in [5.41, 5.74) is 4.05. The van der Waals surface area contributed by atoms with Gasteiger partial charge in [-0.3, -0.25) is 0 Å². The summed E-state index contributed by atoms with van der Waals surface area (Å²) < 4.78 is 41.8. The minimum atomic E-state index is -1.61. The summed E-state index contributed by atoms with van der Waals surface area (Å²) in [6.45, 7) is 1.37. The van der Waals surface area contributed by atoms with Gasteiger partial charge in [-0.15, -0.1) is 0 Å². The second-order valence-corrected chi connectivity index (χ2v) is 5.25. The van der Waals surface area contributed by atoms with Gasteiger partial charge in [0.15, 0.2) is 0 Å². The van der Waals surface area contributed by atoms with Gasteiger partial charge < -0.3 is 5.73 Å². The van der Waals surface area contributed by atoms with Crippen LogP contribution in [0.1, 0.15) is 18.1 Å². The van der Waals surface area contributed by atoms with Crippen molar-refractivity contribution in [3.8, 4) is 0 Å². The summed E-state index contributed by atoms with van der Waals surface area (Å²) in [4.78, 5) is 0. The zero-order valence-electron chi connectivity index (χ0n) is 10.1. The van der Waals surface area contributed by atoms with Crippen LogP contribution in [0.2, 0.25) is 0 Å². The monoisotopic (exact) mass is 329 g/mol. The summed E-state index contributed by atoms with van der Waals surface area (Å²) in [5.74, 6) is -2.24. The van der Waals surface area contributed by atoms with Crippen LogP contribution in [0.3, 0.4) is 0 Å². The maximum atomic E-state index is 14.1. The van der Waals surface area contributed by atoms with E-state index in [4.69, 9.17) is 5.73 Å². The Hall–Kier alpha value is -1.33. The average Bonchev–Trinajstić information content (AvgIpc) is 2.34. The second kappa shape index (κ2) is 4.98. The minimum absolute atomic E-state index is 0.0332. The topological polar surface area (TPSA) is 26.0 Å². The fourth-order valence-electron chi connectivity index (χ4n) is 2.02. The summed E-state index contributed by atoms with van der Waals surface area (Å²) >= 11 is 2.97. The standard InChI is InChI=1S/C14H11BrF3N/c1-14(19,8-4-2-3-5-10(8)16)12-11(17)7-6-9(15)13(12)18/h2-7H,19H2,1H3. The van der Waals surface area contributed by atoms with Crippen molar-refractivity contribution in [3.05, 3.63) is 69.4 Å². The van der Waals surface area contributed by atoms with Crippen molar-refractivity contribution < 1.29 is 13.2 Å². The molecular weight excluding hydrogens is 319 g/mol. The van der Waals surface area contributed by atoms with Gasteiger partial charge in [0.05, 0.1) is 10.0 Å². The van der Waals surface area contributed by atoms with Crippen molar-refractivity contribution in [2.24, 2.45) is 5.73 Å². The van der Waals surface area contributed by atoms with Gasteiger partial charge in [0, 0.05) is 11.1 Å². The third kappa shape index (κ3) is 2.40. The zero-order chi connectivity index (χ0) is 14.2. The van der Waals surface area contributed by atoms with Crippen LogP contribution < -0.4 is 5.73 Å². The molecule has 0 fully saturated rings. The fraction of sp³-hybridized carbons (Fsp3) is 0.143. The predicted octanol–water partition coefficient (Wildman–Crippen LogP) is 4.09. The molecule has 0 aromatic heterocycles. The second-order valence-electron chi connectivity index (χ2n) is 4.40. The number of halogens is 4. The van der Waals surface area contributed by atoms with Crippen molar-refractivity contribution >= 4 is 15.9 Å². The summed E-state index contributed by atoms with van der Waals surface area (Å²) in [5, 5.41) is 0. The van der Waals surface area contributed by atoms with E-state index in [1.54, 1.807) is 6.07 Å². The van der Waals surface area contributed by atoms with Gasteiger partial charge in [0.2, 0.25) is 0 Å². The van der Waals surface area contributed by atoms with Gasteiger partial charge in [0.25, 0.3) is 0 Å². The largest absolute Gasteiger partial charge is 0.318 e. The quantitative estimate of drug-likeness (QED) is 0.825. The van der Waals surface area contributed by atoms with E-state index < -0.39 is 23.0 Å². The molecule has 0 saturated heterocycles. The van der Waals surface area contributed by atoms with Crippen LogP contribution >= 0.6 is 15.9 Å². The van der Waals surface area contributed by atoms with Gasteiger partial charge in [-0.2, -0.15) is 0 Å². The smallest absolute Gasteiger partial charge is 0.145 e. The molecule has 5 heteroatoms. The Labute approximate surface area is 117 Å². The molecule has 0 spiro atoms. The number of hydrogen-bond donors (Lipinski definition) is 1. The van der Waals surface area contributed by atoms with Crippen molar-refractivity contribution in [3.63, 3.8) is 0 Å². The number of hydrogen-bond acceptors (Lipinski definition) is 1. The van der Waals surface area contributed by atoms with Crippen LogP contribution in [-0.2, 0) is 5.54 Å². The molecular formula is C14H11BrF3N. The van der Waals surface area contributed by atoms with E-state index in [9.17, 15) is 13.2 Å². The molecule has 2 rings (SSSR count). The molecule has 2 aromatic rings. The normalized spacial score (nSPS) is 14.2. The van der Waals surface area contributed by atoms with Crippen LogP contribution in [0.15, 0.2) is 40.9 Å². The highest BCUT2D eigenvalue weighted by atomic mass is 79.9. The highest BCUT2D eigenvalue weighted by Gasteiger charge is 2.33. The molecule has 0 heterocycles. The van der Waals surface area contributed by atoms with E-state index in [1.807, 2.05) is 0 Å². The minimum Gasteiger partial charge on any atom is -0.318 e. The molecule has 100 valence electrons. The van der Waals surface area contributed by atoms with E-state index in [2.05, 4.69) is 15.9 Å². The summed E-state index contributed by atoms with van der Waals surface area (Å²) in [6, 6.07) is 8.00. The fourth-order valence-corrected chi connectivity index (χ4v) is 2.35. The third-order valence-electron chi connectivity index (χ3n) is 3.00. The molecule has 0 aliphatic rings. The average molecular weight is 330 g/mol. The molecule has 0 saturated carbocycles. The van der Waals surface area contributed by atoms with Crippen LogP contribution in [0.25, 0.3) is 0 Å². The molecule has 1 unspecified atom stereocenters. The predicted molar refractivity (Wildman–Crippen MR) is 71.1 cm³/mol. The van der Waals surface area contributed by atoms with Gasteiger partial charge in [-0.05, 0) is 41.1 Å². The Bertz CT molecular complexity index is 626. The van der Waals surface area contributed by atoms with Crippen LogP contribution in [0.5, 0.6) is 0 Å². The molecule has 1 atom stereocenters. The molecule has 1 nitrogen and oxygen atoms in total. The number of rotatable bonds is 2. The van der Waals surface area contributed by atoms with E-state index in [-0.39, 0.29) is 15.6 Å². The highest BCUT2D eigenvalue weighted by molar-refractivity contribution is 9.10. The highest BCUT2D eigenvalue weighted by Crippen LogP contribution is 2.34. The van der Waals surface area contributed by atoms with E-state index in [0.717, 1.165) is 6.07 Å². The SMILES string of the molecule is CC(N)(c1ccccc1F)c1c(F)ccc(Br)c1F. The Morgan fingerprint density at radius 2 is 1.63 bits per heavy atom. The lowest BCUT2D eigenvalue weighted by molar-refractivity contribution is 0.461. The van der Waals surface area contributed by atoms with Gasteiger partial charge >= 0.3 is 0 Å². The first-order valence-corrected chi connectivity index (χ1v) is 6.33. The molecule has 0 bridgehead atoms. The third-order valence-corrected chi connectivity index (χ3v) is 3.61. The first-order chi connectivity index (χ1) is 8.85. The molecule has 0 aliphatic heterocycles. The van der Waals surface area contributed by atoms with E-state index in [0.29, 0.717) is 0 Å². The first kappa shape index (κ1) is 14.1. The van der Waals surface area contributed by atoms with Gasteiger partial charge in [0.1, 0.15) is 17.5 Å². The molecule has 19 heavy (non-hydrogen) atoms. The lowest BCUT2D eigenvalue weighted by atomic mass is 9.84. The molecule has 2 aromatic carbocycles. The first-order valence-electron chi connectivity index (χ1n) is 5.53. The van der Waals surface area contributed by atoms with Crippen LogP contribution in [0, 0.1) is 17.5 Å². The molecule has 0 radical (unpaired) electrons. The van der Waals surface area contributed by atoms with Crippen molar-refractivity contribution in [1.29, 1.82) is 0 Å². The maximum absolute atomic E-state index is 14.1. The Kier molecular flexibility index (Phi) is 3.69. The van der Waals surface area contributed by atoms with E-state index >= 15 is 0 Å². The Morgan fingerprint density at radius 3 is 2.26 bits per heavy atom. The van der Waals surface area contributed by atoms with Gasteiger partial charge in [-0.1, -0.05) is 18.2 Å². The van der Waals surface area contributed by atoms with Crippen molar-refractivity contribution in [2.75, 3.05) is 0 Å². The zero-order valence-corrected chi connectivity index (χ0v) is 11.6. The van der Waals surface area contributed by atoms with E-state index in [1.165, 1.54) is 31.2 Å². The lowest BCUT2D eigenvalue weighted by Crippen LogP contribution is -2.37. The Morgan fingerprint density at radius 1 is 1.00 bits per heavy atom. The maximum Gasteiger partial charge on any atom is 0.145 e. The molecule has 2 N–H and O–H groups in total. The van der Waals surface area contributed by atoms with Crippen LogP contribution in [0.4, 0.5) is 13.2 Å².